The molecule has 0 radical (unpaired) electrons. The number of rotatable bonds is 3. The second-order valence-corrected chi connectivity index (χ2v) is 7.02. The van der Waals surface area contributed by atoms with E-state index in [0.29, 0.717) is 18.5 Å². The lowest BCUT2D eigenvalue weighted by Gasteiger charge is -2.39. The SMILES string of the molecule is O=C1CC[C@H]2[C@H](CCN2Cc2cccs2)N1c1cccnc1. The normalized spacial score (nSPS) is 25.5. The van der Waals surface area contributed by atoms with Crippen LogP contribution in [0.2, 0.25) is 0 Å². The molecule has 0 N–H and O–H groups in total. The van der Waals surface area contributed by atoms with Crippen LogP contribution in [0.5, 0.6) is 0 Å². The number of likely N-dealkylation sites (tertiary alicyclic amines) is 1. The molecule has 0 bridgehead atoms. The van der Waals surface area contributed by atoms with Gasteiger partial charge in [-0.3, -0.25) is 14.7 Å². The number of piperidine rings is 1. The Labute approximate surface area is 134 Å². The second-order valence-electron chi connectivity index (χ2n) is 5.99. The number of carbonyl (C=O) groups excluding carboxylic acids is 1. The fourth-order valence-corrected chi connectivity index (χ4v) is 4.51. The molecule has 2 aliphatic rings. The highest BCUT2D eigenvalue weighted by atomic mass is 32.1. The van der Waals surface area contributed by atoms with Crippen molar-refractivity contribution in [1.82, 2.24) is 9.88 Å². The molecule has 1 amide bonds. The number of aromatic nitrogens is 1. The Kier molecular flexibility index (Phi) is 3.68. The van der Waals surface area contributed by atoms with Crippen LogP contribution in [0.1, 0.15) is 24.1 Å². The molecular formula is C17H19N3OS. The standard InChI is InChI=1S/C17H19N3OS/c21-17-6-5-15-16(20(17)13-3-1-8-18-11-13)7-9-19(15)12-14-4-2-10-22-14/h1-4,8,10-11,15-16H,5-7,9,12H2/t15-,16-/m0/s1. The largest absolute Gasteiger partial charge is 0.306 e. The highest BCUT2D eigenvalue weighted by Gasteiger charge is 2.43. The smallest absolute Gasteiger partial charge is 0.227 e. The first-order valence-electron chi connectivity index (χ1n) is 7.81. The van der Waals surface area contributed by atoms with Crippen molar-refractivity contribution >= 4 is 22.9 Å². The van der Waals surface area contributed by atoms with Crippen LogP contribution in [-0.4, -0.2) is 34.4 Å². The van der Waals surface area contributed by atoms with Gasteiger partial charge in [-0.25, -0.2) is 0 Å². The van der Waals surface area contributed by atoms with E-state index in [2.05, 4.69) is 27.4 Å². The van der Waals surface area contributed by atoms with Crippen LogP contribution in [0.25, 0.3) is 0 Å². The molecule has 2 saturated heterocycles. The van der Waals surface area contributed by atoms with Gasteiger partial charge in [-0.05, 0) is 36.4 Å². The Morgan fingerprint density at radius 3 is 2.95 bits per heavy atom. The summed E-state index contributed by atoms with van der Waals surface area (Å²) < 4.78 is 0. The molecule has 22 heavy (non-hydrogen) atoms. The minimum absolute atomic E-state index is 0.243. The van der Waals surface area contributed by atoms with Gasteiger partial charge in [0.05, 0.1) is 17.9 Å². The quantitative estimate of drug-likeness (QED) is 0.874. The second kappa shape index (κ2) is 5.82. The summed E-state index contributed by atoms with van der Waals surface area (Å²) in [6, 6.07) is 8.98. The summed E-state index contributed by atoms with van der Waals surface area (Å²) in [5.74, 6) is 0.243. The van der Waals surface area contributed by atoms with Crippen molar-refractivity contribution in [2.75, 3.05) is 11.4 Å². The third-order valence-electron chi connectivity index (χ3n) is 4.74. The van der Waals surface area contributed by atoms with Crippen LogP contribution in [0.4, 0.5) is 5.69 Å². The van der Waals surface area contributed by atoms with Gasteiger partial charge in [0.25, 0.3) is 0 Å². The summed E-state index contributed by atoms with van der Waals surface area (Å²) in [5, 5.41) is 2.13. The summed E-state index contributed by atoms with van der Waals surface area (Å²) in [6.45, 7) is 2.07. The van der Waals surface area contributed by atoms with Crippen LogP contribution >= 0.6 is 11.3 Å². The zero-order valence-electron chi connectivity index (χ0n) is 12.4. The summed E-state index contributed by atoms with van der Waals surface area (Å²) in [6.07, 6.45) is 6.23. The van der Waals surface area contributed by atoms with Crippen LogP contribution < -0.4 is 4.90 Å². The van der Waals surface area contributed by atoms with Crippen LogP contribution in [-0.2, 0) is 11.3 Å². The zero-order valence-corrected chi connectivity index (χ0v) is 13.2. The van der Waals surface area contributed by atoms with Gasteiger partial charge in [0.15, 0.2) is 0 Å². The molecule has 2 aromatic rings. The topological polar surface area (TPSA) is 36.4 Å². The molecule has 2 atom stereocenters. The van der Waals surface area contributed by atoms with Gasteiger partial charge < -0.3 is 4.90 Å². The molecule has 0 aliphatic carbocycles. The van der Waals surface area contributed by atoms with E-state index in [1.807, 2.05) is 34.6 Å². The highest BCUT2D eigenvalue weighted by molar-refractivity contribution is 7.09. The van der Waals surface area contributed by atoms with Crippen LogP contribution in [0.15, 0.2) is 42.0 Å². The first-order chi connectivity index (χ1) is 10.8. The number of fused-ring (bicyclic) bond motifs is 1. The van der Waals surface area contributed by atoms with E-state index in [1.54, 1.807) is 6.20 Å². The van der Waals surface area contributed by atoms with Crippen molar-refractivity contribution in [2.45, 2.75) is 37.9 Å². The van der Waals surface area contributed by atoms with E-state index < -0.39 is 0 Å². The molecule has 2 fully saturated rings. The van der Waals surface area contributed by atoms with E-state index in [-0.39, 0.29) is 5.91 Å². The predicted octanol–water partition coefficient (Wildman–Crippen LogP) is 2.91. The first-order valence-corrected chi connectivity index (χ1v) is 8.69. The number of thiophene rings is 1. The molecule has 0 spiro atoms. The molecule has 2 aliphatic heterocycles. The number of nitrogens with zero attached hydrogens (tertiary/aromatic N) is 3. The predicted molar refractivity (Wildman–Crippen MR) is 87.9 cm³/mol. The van der Waals surface area contributed by atoms with Gasteiger partial charge >= 0.3 is 0 Å². The first kappa shape index (κ1) is 13.9. The van der Waals surface area contributed by atoms with Crippen LogP contribution in [0.3, 0.4) is 0 Å². The number of anilines is 1. The van der Waals surface area contributed by atoms with Gasteiger partial charge in [-0.2, -0.15) is 0 Å². The third kappa shape index (κ3) is 2.44. The Bertz CT molecular complexity index is 643. The molecule has 5 heteroatoms. The molecule has 4 heterocycles. The van der Waals surface area contributed by atoms with Crippen molar-refractivity contribution < 1.29 is 4.79 Å². The lowest BCUT2D eigenvalue weighted by molar-refractivity contribution is -0.120. The molecule has 0 unspecified atom stereocenters. The summed E-state index contributed by atoms with van der Waals surface area (Å²) in [4.78, 5) is 22.6. The number of amides is 1. The monoisotopic (exact) mass is 313 g/mol. The number of hydrogen-bond donors (Lipinski definition) is 0. The molecule has 114 valence electrons. The Hall–Kier alpha value is -1.72. The zero-order chi connectivity index (χ0) is 14.9. The van der Waals surface area contributed by atoms with Crippen molar-refractivity contribution in [1.29, 1.82) is 0 Å². The molecule has 2 aromatic heterocycles. The average Bonchev–Trinajstić information content (AvgIpc) is 3.19. The van der Waals surface area contributed by atoms with E-state index in [0.717, 1.165) is 31.6 Å². The molecule has 4 nitrogen and oxygen atoms in total. The van der Waals surface area contributed by atoms with Crippen molar-refractivity contribution in [3.8, 4) is 0 Å². The van der Waals surface area contributed by atoms with Gasteiger partial charge in [0, 0.05) is 36.6 Å². The summed E-state index contributed by atoms with van der Waals surface area (Å²) in [7, 11) is 0. The Morgan fingerprint density at radius 2 is 2.18 bits per heavy atom. The summed E-state index contributed by atoms with van der Waals surface area (Å²) >= 11 is 1.81. The van der Waals surface area contributed by atoms with E-state index in [4.69, 9.17) is 0 Å². The maximum Gasteiger partial charge on any atom is 0.227 e. The molecule has 0 saturated carbocycles. The average molecular weight is 313 g/mol. The maximum atomic E-state index is 12.4. The van der Waals surface area contributed by atoms with Gasteiger partial charge in [0.1, 0.15) is 0 Å². The van der Waals surface area contributed by atoms with E-state index in [9.17, 15) is 4.79 Å². The van der Waals surface area contributed by atoms with Gasteiger partial charge in [0.2, 0.25) is 5.91 Å². The number of hydrogen-bond acceptors (Lipinski definition) is 4. The molecular weight excluding hydrogens is 294 g/mol. The number of pyridine rings is 1. The Morgan fingerprint density at radius 1 is 1.23 bits per heavy atom. The Balaban J connectivity index is 1.57. The fraction of sp³-hybridized carbons (Fsp3) is 0.412. The van der Waals surface area contributed by atoms with Crippen molar-refractivity contribution in [3.05, 3.63) is 46.9 Å². The minimum Gasteiger partial charge on any atom is -0.306 e. The lowest BCUT2D eigenvalue weighted by Crippen LogP contribution is -2.52. The molecule has 0 aromatic carbocycles. The minimum atomic E-state index is 0.243. The van der Waals surface area contributed by atoms with Gasteiger partial charge in [-0.15, -0.1) is 11.3 Å². The highest BCUT2D eigenvalue weighted by Crippen LogP contribution is 2.35. The fourth-order valence-electron chi connectivity index (χ4n) is 3.78. The van der Waals surface area contributed by atoms with Crippen LogP contribution in [0, 0.1) is 0 Å². The van der Waals surface area contributed by atoms with Gasteiger partial charge in [-0.1, -0.05) is 6.07 Å². The third-order valence-corrected chi connectivity index (χ3v) is 5.60. The van der Waals surface area contributed by atoms with E-state index in [1.165, 1.54) is 4.88 Å². The summed E-state index contributed by atoms with van der Waals surface area (Å²) in [5.41, 5.74) is 0.945. The van der Waals surface area contributed by atoms with Crippen molar-refractivity contribution in [3.63, 3.8) is 0 Å². The lowest BCUT2D eigenvalue weighted by atomic mass is 9.95. The molecule has 4 rings (SSSR count). The van der Waals surface area contributed by atoms with Crippen molar-refractivity contribution in [2.24, 2.45) is 0 Å². The number of carbonyl (C=O) groups is 1. The maximum absolute atomic E-state index is 12.4. The van der Waals surface area contributed by atoms with E-state index >= 15 is 0 Å².